The number of amides is 1. The van der Waals surface area contributed by atoms with E-state index in [1.54, 1.807) is 6.33 Å². The molecule has 0 radical (unpaired) electrons. The first kappa shape index (κ1) is 19.4. The molecule has 5 rings (SSSR count). The van der Waals surface area contributed by atoms with Crippen molar-refractivity contribution in [2.75, 3.05) is 44.6 Å². The molecular formula is C22H26N6OS. The Balaban J connectivity index is 1.31. The summed E-state index contributed by atoms with van der Waals surface area (Å²) in [6, 6.07) is 10.1. The van der Waals surface area contributed by atoms with Crippen LogP contribution in [0.5, 0.6) is 0 Å². The van der Waals surface area contributed by atoms with Gasteiger partial charge in [-0.2, -0.15) is 0 Å². The average molecular weight is 423 g/mol. The van der Waals surface area contributed by atoms with Crippen molar-refractivity contribution >= 4 is 39.0 Å². The van der Waals surface area contributed by atoms with Gasteiger partial charge < -0.3 is 10.2 Å². The number of thiophene rings is 1. The summed E-state index contributed by atoms with van der Waals surface area (Å²) in [4.78, 5) is 25.5. The molecule has 30 heavy (non-hydrogen) atoms. The maximum atomic E-state index is 13.1. The highest BCUT2D eigenvalue weighted by Gasteiger charge is 2.27. The Bertz CT molecular complexity index is 1040. The molecular weight excluding hydrogens is 396 g/mol. The summed E-state index contributed by atoms with van der Waals surface area (Å²) in [5, 5.41) is 9.11. The van der Waals surface area contributed by atoms with Gasteiger partial charge in [-0.15, -0.1) is 11.3 Å². The molecule has 0 unspecified atom stereocenters. The van der Waals surface area contributed by atoms with Crippen LogP contribution in [0, 0.1) is 6.92 Å². The van der Waals surface area contributed by atoms with E-state index in [-0.39, 0.29) is 5.91 Å². The third-order valence-electron chi connectivity index (χ3n) is 5.88. The number of benzene rings is 1. The van der Waals surface area contributed by atoms with Crippen LogP contribution in [0.15, 0.2) is 36.7 Å². The minimum absolute atomic E-state index is 0.0976. The van der Waals surface area contributed by atoms with Gasteiger partial charge in [0.05, 0.1) is 10.3 Å². The van der Waals surface area contributed by atoms with E-state index in [4.69, 9.17) is 0 Å². The van der Waals surface area contributed by atoms with Gasteiger partial charge in [-0.25, -0.2) is 20.0 Å². The molecule has 2 aliphatic rings. The molecule has 0 aliphatic carbocycles. The first-order valence-corrected chi connectivity index (χ1v) is 11.4. The van der Waals surface area contributed by atoms with Crippen LogP contribution < -0.4 is 5.32 Å². The van der Waals surface area contributed by atoms with E-state index in [0.717, 1.165) is 65.9 Å². The van der Waals surface area contributed by atoms with Gasteiger partial charge in [-0.3, -0.25) is 4.79 Å². The van der Waals surface area contributed by atoms with Gasteiger partial charge >= 0.3 is 0 Å². The van der Waals surface area contributed by atoms with Gasteiger partial charge in [0.15, 0.2) is 0 Å². The minimum atomic E-state index is 0.0976. The molecule has 0 saturated carbocycles. The predicted molar refractivity (Wildman–Crippen MR) is 120 cm³/mol. The van der Waals surface area contributed by atoms with Crippen LogP contribution in [0.4, 0.5) is 11.5 Å². The maximum absolute atomic E-state index is 13.1. The molecule has 3 aromatic rings. The minimum Gasteiger partial charge on any atom is -0.340 e. The van der Waals surface area contributed by atoms with Gasteiger partial charge in [0.2, 0.25) is 0 Å². The fraction of sp³-hybridized carbons (Fsp3) is 0.409. The van der Waals surface area contributed by atoms with Gasteiger partial charge in [0, 0.05) is 45.0 Å². The number of carbonyl (C=O) groups is 1. The van der Waals surface area contributed by atoms with Gasteiger partial charge in [0.25, 0.3) is 5.91 Å². The van der Waals surface area contributed by atoms with Crippen LogP contribution in [0.2, 0.25) is 0 Å². The van der Waals surface area contributed by atoms with E-state index in [9.17, 15) is 4.79 Å². The number of carbonyl (C=O) groups excluding carboxylic acids is 1. The second-order valence-corrected chi connectivity index (χ2v) is 8.98. The zero-order valence-electron chi connectivity index (χ0n) is 17.2. The molecule has 0 spiro atoms. The second kappa shape index (κ2) is 8.29. The zero-order chi connectivity index (χ0) is 20.5. The first-order valence-electron chi connectivity index (χ1n) is 10.5. The third-order valence-corrected chi connectivity index (χ3v) is 6.91. The zero-order valence-corrected chi connectivity index (χ0v) is 18.0. The fourth-order valence-electron chi connectivity index (χ4n) is 4.16. The highest BCUT2D eigenvalue weighted by molar-refractivity contribution is 7.20. The van der Waals surface area contributed by atoms with Crippen molar-refractivity contribution in [3.63, 3.8) is 0 Å². The SMILES string of the molecule is Cc1ccc(Nc2ncnc3sc(C(=O)N4CCN(N5CCCC5)CC4)cc23)cc1. The van der Waals surface area contributed by atoms with Crippen LogP contribution in [-0.4, -0.2) is 70.1 Å². The molecule has 4 heterocycles. The molecule has 1 N–H and O–H groups in total. The van der Waals surface area contributed by atoms with Crippen molar-refractivity contribution < 1.29 is 4.79 Å². The van der Waals surface area contributed by atoms with Crippen molar-refractivity contribution in [3.8, 4) is 0 Å². The van der Waals surface area contributed by atoms with Crippen molar-refractivity contribution in [1.82, 2.24) is 24.9 Å². The van der Waals surface area contributed by atoms with Crippen molar-refractivity contribution in [3.05, 3.63) is 47.1 Å². The number of hydrazine groups is 1. The number of nitrogens with zero attached hydrogens (tertiary/aromatic N) is 5. The number of aromatic nitrogens is 2. The van der Waals surface area contributed by atoms with Crippen LogP contribution in [0.25, 0.3) is 10.2 Å². The van der Waals surface area contributed by atoms with Crippen LogP contribution in [0.1, 0.15) is 28.1 Å². The van der Waals surface area contributed by atoms with Crippen LogP contribution in [0.3, 0.4) is 0 Å². The second-order valence-electron chi connectivity index (χ2n) is 7.95. The molecule has 0 bridgehead atoms. The fourth-order valence-corrected chi connectivity index (χ4v) is 5.12. The topological polar surface area (TPSA) is 64.6 Å². The van der Waals surface area contributed by atoms with E-state index in [1.807, 2.05) is 23.1 Å². The van der Waals surface area contributed by atoms with E-state index in [1.165, 1.54) is 29.7 Å². The average Bonchev–Trinajstić information content (AvgIpc) is 3.46. The quantitative estimate of drug-likeness (QED) is 0.694. The van der Waals surface area contributed by atoms with Crippen molar-refractivity contribution in [2.24, 2.45) is 0 Å². The lowest BCUT2D eigenvalue weighted by atomic mass is 10.2. The third kappa shape index (κ3) is 3.90. The lowest BCUT2D eigenvalue weighted by Gasteiger charge is -2.39. The Morgan fingerprint density at radius 3 is 2.40 bits per heavy atom. The number of hydrogen-bond donors (Lipinski definition) is 1. The summed E-state index contributed by atoms with van der Waals surface area (Å²) in [6.45, 7) is 7.73. The Labute approximate surface area is 180 Å². The smallest absolute Gasteiger partial charge is 0.264 e. The summed E-state index contributed by atoms with van der Waals surface area (Å²) in [5.74, 6) is 0.832. The van der Waals surface area contributed by atoms with Crippen LogP contribution in [-0.2, 0) is 0 Å². The number of piperazine rings is 1. The highest BCUT2D eigenvalue weighted by Crippen LogP contribution is 2.31. The molecule has 7 nitrogen and oxygen atoms in total. The van der Waals surface area contributed by atoms with Gasteiger partial charge in [0.1, 0.15) is 17.0 Å². The normalized spacial score (nSPS) is 18.2. The van der Waals surface area contributed by atoms with E-state index < -0.39 is 0 Å². The van der Waals surface area contributed by atoms with Crippen LogP contribution >= 0.6 is 11.3 Å². The molecule has 2 fully saturated rings. The molecule has 8 heteroatoms. The van der Waals surface area contributed by atoms with Gasteiger partial charge in [-0.05, 0) is 38.0 Å². The monoisotopic (exact) mass is 422 g/mol. The summed E-state index contributed by atoms with van der Waals surface area (Å²) in [7, 11) is 0. The number of fused-ring (bicyclic) bond motifs is 1. The number of rotatable bonds is 4. The van der Waals surface area contributed by atoms with E-state index in [2.05, 4.69) is 44.4 Å². The highest BCUT2D eigenvalue weighted by atomic mass is 32.1. The Hall–Kier alpha value is -2.55. The predicted octanol–water partition coefficient (Wildman–Crippen LogP) is 3.51. The number of anilines is 2. The Morgan fingerprint density at radius 2 is 1.67 bits per heavy atom. The van der Waals surface area contributed by atoms with E-state index in [0.29, 0.717) is 0 Å². The summed E-state index contributed by atoms with van der Waals surface area (Å²) in [6.07, 6.45) is 4.11. The molecule has 156 valence electrons. The molecule has 2 aliphatic heterocycles. The Morgan fingerprint density at radius 1 is 0.967 bits per heavy atom. The summed E-state index contributed by atoms with van der Waals surface area (Å²) < 4.78 is 0. The van der Waals surface area contributed by atoms with Crippen molar-refractivity contribution in [2.45, 2.75) is 19.8 Å². The number of nitrogens with one attached hydrogen (secondary N) is 1. The Kier molecular flexibility index (Phi) is 5.37. The number of hydrogen-bond acceptors (Lipinski definition) is 7. The van der Waals surface area contributed by atoms with Crippen molar-refractivity contribution in [1.29, 1.82) is 0 Å². The van der Waals surface area contributed by atoms with E-state index >= 15 is 0 Å². The number of aryl methyl sites for hydroxylation is 1. The lowest BCUT2D eigenvalue weighted by molar-refractivity contribution is -0.0354. The maximum Gasteiger partial charge on any atom is 0.264 e. The molecule has 1 amide bonds. The molecule has 2 aromatic heterocycles. The molecule has 0 atom stereocenters. The van der Waals surface area contributed by atoms with Gasteiger partial charge in [-0.1, -0.05) is 17.7 Å². The largest absolute Gasteiger partial charge is 0.340 e. The summed E-state index contributed by atoms with van der Waals surface area (Å²) >= 11 is 1.45. The molecule has 1 aromatic carbocycles. The standard InChI is InChI=1S/C22H26N6OS/c1-16-4-6-17(7-5-16)25-20-18-14-19(30-21(18)24-15-23-20)22(29)26-10-12-28(13-11-26)27-8-2-3-9-27/h4-7,14-15H,2-3,8-13H2,1H3,(H,23,24,25). The molecule has 2 saturated heterocycles. The lowest BCUT2D eigenvalue weighted by Crippen LogP contribution is -2.54. The first-order chi connectivity index (χ1) is 14.7. The summed E-state index contributed by atoms with van der Waals surface area (Å²) in [5.41, 5.74) is 2.18.